The van der Waals surface area contributed by atoms with Crippen LogP contribution in [0.25, 0.3) is 0 Å². The lowest BCUT2D eigenvalue weighted by Crippen LogP contribution is -1.92. The summed E-state index contributed by atoms with van der Waals surface area (Å²) < 4.78 is 0. The summed E-state index contributed by atoms with van der Waals surface area (Å²) in [6, 6.07) is 3.14. The molecule has 0 radical (unpaired) electrons. The van der Waals surface area contributed by atoms with E-state index in [-0.39, 0.29) is 0 Å². The van der Waals surface area contributed by atoms with E-state index < -0.39 is 0 Å². The van der Waals surface area contributed by atoms with Crippen molar-refractivity contribution in [1.82, 2.24) is 0 Å². The Morgan fingerprint density at radius 2 is 1.89 bits per heavy atom. The van der Waals surface area contributed by atoms with Crippen molar-refractivity contribution in [2.45, 2.75) is 45.7 Å². The van der Waals surface area contributed by atoms with Gasteiger partial charge in [-0.25, -0.2) is 0 Å². The Labute approximate surface area is 61.9 Å². The van der Waals surface area contributed by atoms with E-state index in [0.717, 1.165) is 5.92 Å². The highest BCUT2D eigenvalue weighted by Crippen LogP contribution is 2.04. The first-order chi connectivity index (χ1) is 4.27. The maximum absolute atomic E-state index is 2.32. The van der Waals surface area contributed by atoms with E-state index in [4.69, 9.17) is 0 Å². The quantitative estimate of drug-likeness (QED) is 0.411. The van der Waals surface area contributed by atoms with Crippen molar-refractivity contribution < 1.29 is 0 Å². The van der Waals surface area contributed by atoms with Crippen molar-refractivity contribution in [3.05, 3.63) is 0 Å². The van der Waals surface area contributed by atoms with Gasteiger partial charge in [-0.05, 0) is 5.92 Å². The Morgan fingerprint density at radius 1 is 1.22 bits per heavy atom. The van der Waals surface area contributed by atoms with E-state index in [1.807, 2.05) is 0 Å². The van der Waals surface area contributed by atoms with Crippen LogP contribution in [-0.4, -0.2) is 9.52 Å². The van der Waals surface area contributed by atoms with Crippen molar-refractivity contribution in [2.75, 3.05) is 0 Å². The Bertz CT molecular complexity index is 50.5. The fraction of sp³-hybridized carbons (Fsp3) is 1.00. The molecule has 0 N–H and O–H groups in total. The molecule has 0 aromatic carbocycles. The normalized spacial score (nSPS) is 12.0. The average Bonchev–Trinajstić information content (AvgIpc) is 1.80. The summed E-state index contributed by atoms with van der Waals surface area (Å²) in [5.41, 5.74) is 0. The average molecular weight is 144 g/mol. The van der Waals surface area contributed by atoms with Crippen LogP contribution in [-0.2, 0) is 0 Å². The van der Waals surface area contributed by atoms with Gasteiger partial charge < -0.3 is 0 Å². The predicted molar refractivity (Wildman–Crippen MR) is 47.9 cm³/mol. The van der Waals surface area contributed by atoms with Crippen molar-refractivity contribution in [3.8, 4) is 0 Å². The van der Waals surface area contributed by atoms with Crippen LogP contribution >= 0.6 is 0 Å². The van der Waals surface area contributed by atoms with E-state index in [2.05, 4.69) is 20.8 Å². The molecule has 0 saturated carbocycles. The van der Waals surface area contributed by atoms with Crippen LogP contribution in [0, 0.1) is 5.92 Å². The molecule has 0 unspecified atom stereocenters. The van der Waals surface area contributed by atoms with Gasteiger partial charge in [0.2, 0.25) is 0 Å². The molecule has 0 aliphatic heterocycles. The topological polar surface area (TPSA) is 0 Å². The zero-order valence-corrected chi connectivity index (χ0v) is 8.53. The smallest absolute Gasteiger partial charge is 0.0197 e. The monoisotopic (exact) mass is 144 g/mol. The summed E-state index contributed by atoms with van der Waals surface area (Å²) in [6.07, 6.45) is 2.90. The van der Waals surface area contributed by atoms with Gasteiger partial charge in [-0.3, -0.25) is 0 Å². The standard InChI is InChI=1S/C8H20Si/c1-4-6-9-7-5-8(2)3/h8H,4-7,9H2,1-3H3. The molecule has 1 heteroatoms. The van der Waals surface area contributed by atoms with E-state index in [0.29, 0.717) is 9.52 Å². The van der Waals surface area contributed by atoms with Crippen LogP contribution in [0.15, 0.2) is 0 Å². The summed E-state index contributed by atoms with van der Waals surface area (Å²) >= 11 is 0. The van der Waals surface area contributed by atoms with Gasteiger partial charge in [0.15, 0.2) is 0 Å². The van der Waals surface area contributed by atoms with Crippen LogP contribution in [0.4, 0.5) is 0 Å². The molecule has 0 saturated heterocycles. The largest absolute Gasteiger partial charge is 0.0657 e. The number of rotatable bonds is 5. The fourth-order valence-electron chi connectivity index (χ4n) is 0.979. The van der Waals surface area contributed by atoms with Crippen molar-refractivity contribution in [3.63, 3.8) is 0 Å². The second-order valence-corrected chi connectivity index (χ2v) is 5.36. The summed E-state index contributed by atoms with van der Waals surface area (Å²) in [4.78, 5) is 0. The van der Waals surface area contributed by atoms with Crippen LogP contribution < -0.4 is 0 Å². The maximum atomic E-state index is 2.32. The van der Waals surface area contributed by atoms with Gasteiger partial charge in [-0.1, -0.05) is 45.7 Å². The summed E-state index contributed by atoms with van der Waals surface area (Å²) in [6.45, 7) is 6.93. The van der Waals surface area contributed by atoms with Gasteiger partial charge >= 0.3 is 0 Å². The minimum atomic E-state index is 0.368. The Kier molecular flexibility index (Phi) is 6.49. The Morgan fingerprint density at radius 3 is 2.33 bits per heavy atom. The molecule has 9 heavy (non-hydrogen) atoms. The fourth-order valence-corrected chi connectivity index (χ4v) is 2.94. The van der Waals surface area contributed by atoms with E-state index >= 15 is 0 Å². The third kappa shape index (κ3) is 8.22. The molecule has 0 spiro atoms. The molecule has 0 aromatic heterocycles. The summed E-state index contributed by atoms with van der Waals surface area (Å²) in [5, 5.41) is 0. The van der Waals surface area contributed by atoms with Gasteiger partial charge in [0.05, 0.1) is 0 Å². The van der Waals surface area contributed by atoms with Gasteiger partial charge in [0, 0.05) is 9.52 Å². The first-order valence-electron chi connectivity index (χ1n) is 4.27. The lowest BCUT2D eigenvalue weighted by molar-refractivity contribution is 0.623. The molecule has 0 aliphatic rings. The van der Waals surface area contributed by atoms with Gasteiger partial charge in [-0.2, -0.15) is 0 Å². The molecular weight excluding hydrogens is 124 g/mol. The molecule has 0 amide bonds. The van der Waals surface area contributed by atoms with E-state index in [9.17, 15) is 0 Å². The minimum Gasteiger partial charge on any atom is -0.0657 e. The highest BCUT2D eigenvalue weighted by Gasteiger charge is 1.92. The van der Waals surface area contributed by atoms with Crippen LogP contribution in [0.2, 0.25) is 12.1 Å². The second-order valence-electron chi connectivity index (χ2n) is 3.24. The molecule has 0 nitrogen and oxygen atoms in total. The molecule has 0 bridgehead atoms. The van der Waals surface area contributed by atoms with Crippen LogP contribution in [0.5, 0.6) is 0 Å². The molecule has 0 aromatic rings. The first kappa shape index (κ1) is 9.22. The molecular formula is C8H20Si. The van der Waals surface area contributed by atoms with Gasteiger partial charge in [0.25, 0.3) is 0 Å². The Hall–Kier alpha value is 0.217. The number of hydrogen-bond acceptors (Lipinski definition) is 0. The van der Waals surface area contributed by atoms with Gasteiger partial charge in [-0.15, -0.1) is 0 Å². The van der Waals surface area contributed by atoms with Crippen molar-refractivity contribution >= 4 is 9.52 Å². The minimum absolute atomic E-state index is 0.368. The molecule has 56 valence electrons. The summed E-state index contributed by atoms with van der Waals surface area (Å²) in [7, 11) is 0.368. The van der Waals surface area contributed by atoms with Crippen molar-refractivity contribution in [1.29, 1.82) is 0 Å². The van der Waals surface area contributed by atoms with Crippen LogP contribution in [0.3, 0.4) is 0 Å². The third-order valence-corrected chi connectivity index (χ3v) is 3.75. The van der Waals surface area contributed by atoms with Gasteiger partial charge in [0.1, 0.15) is 0 Å². The SMILES string of the molecule is CCC[SiH2]CCC(C)C. The number of hydrogen-bond donors (Lipinski definition) is 0. The Balaban J connectivity index is 2.75. The lowest BCUT2D eigenvalue weighted by atomic mass is 10.2. The summed E-state index contributed by atoms with van der Waals surface area (Å²) in [5.74, 6) is 0.939. The predicted octanol–water partition coefficient (Wildman–Crippen LogP) is 2.45. The zero-order valence-electron chi connectivity index (χ0n) is 7.11. The first-order valence-corrected chi connectivity index (χ1v) is 6.27. The van der Waals surface area contributed by atoms with E-state index in [1.54, 1.807) is 12.1 Å². The molecule has 0 heterocycles. The molecule has 0 fully saturated rings. The highest BCUT2D eigenvalue weighted by molar-refractivity contribution is 6.35. The van der Waals surface area contributed by atoms with Crippen molar-refractivity contribution in [2.24, 2.45) is 5.92 Å². The second kappa shape index (κ2) is 6.34. The van der Waals surface area contributed by atoms with E-state index in [1.165, 1.54) is 12.8 Å². The van der Waals surface area contributed by atoms with Crippen LogP contribution in [0.1, 0.15) is 33.6 Å². The lowest BCUT2D eigenvalue weighted by Gasteiger charge is -2.01. The zero-order chi connectivity index (χ0) is 7.11. The third-order valence-electron chi connectivity index (χ3n) is 1.64. The molecule has 0 aliphatic carbocycles. The maximum Gasteiger partial charge on any atom is 0.0197 e. The molecule has 0 rings (SSSR count). The highest BCUT2D eigenvalue weighted by atomic mass is 28.2. The molecule has 0 atom stereocenters.